The normalized spacial score (nSPS) is 12.7. The van der Waals surface area contributed by atoms with Crippen LogP contribution in [0.3, 0.4) is 0 Å². The average molecular weight is 344 g/mol. The maximum absolute atomic E-state index is 11.9. The Balaban J connectivity index is 1.42. The van der Waals surface area contributed by atoms with E-state index in [2.05, 4.69) is 40.9 Å². The summed E-state index contributed by atoms with van der Waals surface area (Å²) in [6, 6.07) is 18.2. The minimum Gasteiger partial charge on any atom is -0.483 e. The second-order valence-corrected chi connectivity index (χ2v) is 6.50. The molecule has 1 amide bonds. The minimum absolute atomic E-state index is 0.0635. The molecule has 3 aromatic rings. The summed E-state index contributed by atoms with van der Waals surface area (Å²) in [6.07, 6.45) is 3.90. The van der Waals surface area contributed by atoms with Crippen LogP contribution in [0, 0.1) is 6.92 Å². The molecule has 0 aromatic heterocycles. The molecule has 0 aliphatic heterocycles. The number of carbonyl (C=O) groups is 1. The standard InChI is InChI=1S/C22H20N2O2/c1-15-5-2-3-8-20(15)26-14-21(25)24-23-13-18-12-11-17-10-9-16-6-4-7-19(18)22(16)17/h2-8,11-13H,9-10,14H2,1H3,(H,24,25)/b23-13-. The fourth-order valence-corrected chi connectivity index (χ4v) is 3.45. The summed E-state index contributed by atoms with van der Waals surface area (Å²) in [5, 5.41) is 6.63. The van der Waals surface area contributed by atoms with Gasteiger partial charge >= 0.3 is 0 Å². The van der Waals surface area contributed by atoms with Crippen molar-refractivity contribution < 1.29 is 9.53 Å². The number of rotatable bonds is 5. The Morgan fingerprint density at radius 2 is 1.88 bits per heavy atom. The predicted octanol–water partition coefficient (Wildman–Crippen LogP) is 3.78. The molecule has 3 aromatic carbocycles. The van der Waals surface area contributed by atoms with E-state index in [0.29, 0.717) is 5.75 Å². The smallest absolute Gasteiger partial charge is 0.277 e. The van der Waals surface area contributed by atoms with Crippen LogP contribution in [-0.4, -0.2) is 18.7 Å². The van der Waals surface area contributed by atoms with Gasteiger partial charge in [-0.05, 0) is 53.3 Å². The number of nitrogens with zero attached hydrogens (tertiary/aromatic N) is 1. The van der Waals surface area contributed by atoms with Crippen molar-refractivity contribution in [3.63, 3.8) is 0 Å². The molecule has 1 aliphatic carbocycles. The number of ether oxygens (including phenoxy) is 1. The highest BCUT2D eigenvalue weighted by Crippen LogP contribution is 2.32. The summed E-state index contributed by atoms with van der Waals surface area (Å²) in [5.41, 5.74) is 7.32. The van der Waals surface area contributed by atoms with Crippen LogP contribution in [0.25, 0.3) is 10.8 Å². The molecule has 0 fully saturated rings. The van der Waals surface area contributed by atoms with Crippen LogP contribution in [0.1, 0.15) is 22.3 Å². The molecule has 1 aliphatic rings. The molecule has 1 N–H and O–H groups in total. The van der Waals surface area contributed by atoms with Gasteiger partial charge in [0, 0.05) is 5.56 Å². The minimum atomic E-state index is -0.282. The van der Waals surface area contributed by atoms with Gasteiger partial charge in [0.15, 0.2) is 6.61 Å². The van der Waals surface area contributed by atoms with Gasteiger partial charge in [0.25, 0.3) is 5.91 Å². The Kier molecular flexibility index (Phi) is 4.40. The van der Waals surface area contributed by atoms with Crippen molar-refractivity contribution in [2.45, 2.75) is 19.8 Å². The van der Waals surface area contributed by atoms with Crippen LogP contribution in [0.15, 0.2) is 59.7 Å². The third-order valence-electron chi connectivity index (χ3n) is 4.76. The number of amides is 1. The highest BCUT2D eigenvalue weighted by atomic mass is 16.5. The number of benzene rings is 3. The Bertz CT molecular complexity index is 998. The lowest BCUT2D eigenvalue weighted by atomic mass is 10.0. The Labute approximate surface area is 152 Å². The summed E-state index contributed by atoms with van der Waals surface area (Å²) in [6.45, 7) is 1.88. The zero-order valence-corrected chi connectivity index (χ0v) is 14.7. The molecule has 26 heavy (non-hydrogen) atoms. The maximum atomic E-state index is 11.9. The number of aryl methyl sites for hydroxylation is 3. The second kappa shape index (κ2) is 7.00. The van der Waals surface area contributed by atoms with Crippen molar-refractivity contribution in [2.75, 3.05) is 6.61 Å². The summed E-state index contributed by atoms with van der Waals surface area (Å²) < 4.78 is 5.53. The van der Waals surface area contributed by atoms with Gasteiger partial charge < -0.3 is 4.74 Å². The van der Waals surface area contributed by atoms with Crippen molar-refractivity contribution in [2.24, 2.45) is 5.10 Å². The largest absolute Gasteiger partial charge is 0.483 e. The summed E-state index contributed by atoms with van der Waals surface area (Å²) >= 11 is 0. The molecule has 4 rings (SSSR count). The first-order valence-electron chi connectivity index (χ1n) is 8.76. The zero-order valence-electron chi connectivity index (χ0n) is 14.7. The molecule has 0 bridgehead atoms. The van der Waals surface area contributed by atoms with Crippen LogP contribution >= 0.6 is 0 Å². The number of nitrogens with one attached hydrogen (secondary N) is 1. The van der Waals surface area contributed by atoms with E-state index in [0.717, 1.165) is 24.0 Å². The van der Waals surface area contributed by atoms with Gasteiger partial charge in [0.2, 0.25) is 0 Å². The third kappa shape index (κ3) is 3.18. The Morgan fingerprint density at radius 3 is 2.73 bits per heavy atom. The van der Waals surface area contributed by atoms with E-state index in [1.807, 2.05) is 31.2 Å². The molecule has 0 radical (unpaired) electrons. The third-order valence-corrected chi connectivity index (χ3v) is 4.76. The fraction of sp³-hybridized carbons (Fsp3) is 0.182. The van der Waals surface area contributed by atoms with Gasteiger partial charge in [-0.15, -0.1) is 0 Å². The van der Waals surface area contributed by atoms with Gasteiger partial charge in [-0.3, -0.25) is 4.79 Å². The first kappa shape index (κ1) is 16.3. The molecule has 0 spiro atoms. The van der Waals surface area contributed by atoms with Gasteiger partial charge in [0.1, 0.15) is 5.75 Å². The quantitative estimate of drug-likeness (QED) is 0.566. The summed E-state index contributed by atoms with van der Waals surface area (Å²) in [4.78, 5) is 11.9. The monoisotopic (exact) mass is 344 g/mol. The van der Waals surface area contributed by atoms with Crippen LogP contribution in [-0.2, 0) is 17.6 Å². The van der Waals surface area contributed by atoms with Crippen LogP contribution in [0.4, 0.5) is 0 Å². The Hall–Kier alpha value is -3.14. The molecule has 4 heteroatoms. The van der Waals surface area contributed by atoms with E-state index >= 15 is 0 Å². The van der Waals surface area contributed by atoms with Crippen LogP contribution in [0.2, 0.25) is 0 Å². The topological polar surface area (TPSA) is 50.7 Å². The molecule has 4 nitrogen and oxygen atoms in total. The molecule has 130 valence electrons. The van der Waals surface area contributed by atoms with Crippen molar-refractivity contribution >= 4 is 22.9 Å². The lowest BCUT2D eigenvalue weighted by Crippen LogP contribution is -2.24. The highest BCUT2D eigenvalue weighted by molar-refractivity contribution is 6.03. The second-order valence-electron chi connectivity index (χ2n) is 6.50. The number of hydrogen-bond donors (Lipinski definition) is 1. The van der Waals surface area contributed by atoms with E-state index in [-0.39, 0.29) is 12.5 Å². The van der Waals surface area contributed by atoms with E-state index in [4.69, 9.17) is 4.74 Å². The number of para-hydroxylation sites is 1. The average Bonchev–Trinajstić information content (AvgIpc) is 3.08. The lowest BCUT2D eigenvalue weighted by Gasteiger charge is -2.07. The van der Waals surface area contributed by atoms with Gasteiger partial charge in [-0.25, -0.2) is 5.43 Å². The zero-order chi connectivity index (χ0) is 17.9. The number of hydrazone groups is 1. The molecule has 0 unspecified atom stereocenters. The predicted molar refractivity (Wildman–Crippen MR) is 104 cm³/mol. The molecule has 0 saturated heterocycles. The molecule has 0 heterocycles. The van der Waals surface area contributed by atoms with Crippen molar-refractivity contribution in [3.05, 3.63) is 76.9 Å². The van der Waals surface area contributed by atoms with Crippen LogP contribution < -0.4 is 10.2 Å². The molecular weight excluding hydrogens is 324 g/mol. The van der Waals surface area contributed by atoms with E-state index in [1.54, 1.807) is 6.21 Å². The number of hydrogen-bond acceptors (Lipinski definition) is 3. The van der Waals surface area contributed by atoms with E-state index < -0.39 is 0 Å². The summed E-state index contributed by atoms with van der Waals surface area (Å²) in [7, 11) is 0. The van der Waals surface area contributed by atoms with Gasteiger partial charge in [-0.2, -0.15) is 5.10 Å². The highest BCUT2D eigenvalue weighted by Gasteiger charge is 2.15. The molecule has 0 saturated carbocycles. The molecular formula is C22H20N2O2. The van der Waals surface area contributed by atoms with Crippen molar-refractivity contribution in [3.8, 4) is 5.75 Å². The van der Waals surface area contributed by atoms with Gasteiger partial charge in [-0.1, -0.05) is 48.5 Å². The van der Waals surface area contributed by atoms with E-state index in [1.165, 1.54) is 21.9 Å². The maximum Gasteiger partial charge on any atom is 0.277 e. The van der Waals surface area contributed by atoms with Crippen molar-refractivity contribution in [1.29, 1.82) is 0 Å². The Morgan fingerprint density at radius 1 is 1.08 bits per heavy atom. The lowest BCUT2D eigenvalue weighted by molar-refractivity contribution is -0.123. The van der Waals surface area contributed by atoms with Crippen LogP contribution in [0.5, 0.6) is 5.75 Å². The molecule has 0 atom stereocenters. The summed E-state index contributed by atoms with van der Waals surface area (Å²) in [5.74, 6) is 0.426. The van der Waals surface area contributed by atoms with Crippen molar-refractivity contribution in [1.82, 2.24) is 5.43 Å². The fourth-order valence-electron chi connectivity index (χ4n) is 3.45. The van der Waals surface area contributed by atoms with E-state index in [9.17, 15) is 4.79 Å². The van der Waals surface area contributed by atoms with Gasteiger partial charge in [0.05, 0.1) is 6.21 Å². The SMILES string of the molecule is Cc1ccccc1OCC(=O)N/N=C\c1ccc2c3c(cccc13)CC2. The number of carbonyl (C=O) groups excluding carboxylic acids is 1. The first-order chi connectivity index (χ1) is 12.7. The first-order valence-corrected chi connectivity index (χ1v) is 8.76.